The van der Waals surface area contributed by atoms with E-state index < -0.39 is 5.97 Å². The molecule has 5 nitrogen and oxygen atoms in total. The van der Waals surface area contributed by atoms with E-state index in [1.165, 1.54) is 6.07 Å². The number of carbonyl (C=O) groups excluding carboxylic acids is 2. The molecule has 0 saturated carbocycles. The van der Waals surface area contributed by atoms with E-state index in [4.69, 9.17) is 4.84 Å². The minimum absolute atomic E-state index is 0. The van der Waals surface area contributed by atoms with E-state index in [0.29, 0.717) is 36.2 Å². The Bertz CT molecular complexity index is 834. The van der Waals surface area contributed by atoms with Gasteiger partial charge in [0, 0.05) is 18.7 Å². The zero-order valence-corrected chi connectivity index (χ0v) is 18.8. The molecule has 0 unspecified atom stereocenters. The normalized spacial score (nSPS) is 10.5. The van der Waals surface area contributed by atoms with Gasteiger partial charge in [-0.3, -0.25) is 4.79 Å². The van der Waals surface area contributed by atoms with Crippen molar-refractivity contribution in [3.8, 4) is 5.75 Å². The molecule has 6 heteroatoms. The highest BCUT2D eigenvalue weighted by Gasteiger charge is 2.23. The molecule has 30 heavy (non-hydrogen) atoms. The van der Waals surface area contributed by atoms with E-state index in [1.54, 1.807) is 41.5 Å². The van der Waals surface area contributed by atoms with Crippen molar-refractivity contribution in [3.05, 3.63) is 64.7 Å². The Morgan fingerprint density at radius 1 is 0.867 bits per heavy atom. The summed E-state index contributed by atoms with van der Waals surface area (Å²) in [4.78, 5) is 31.5. The number of phenols is 1. The predicted octanol–water partition coefficient (Wildman–Crippen LogP) is 5.58. The van der Waals surface area contributed by atoms with Gasteiger partial charge in [-0.1, -0.05) is 50.5 Å². The molecule has 0 heterocycles. The molecule has 0 aliphatic rings. The van der Waals surface area contributed by atoms with Gasteiger partial charge in [0.25, 0.3) is 0 Å². The molecule has 0 aliphatic heterocycles. The van der Waals surface area contributed by atoms with Crippen LogP contribution in [0, 0.1) is 0 Å². The molecule has 2 aromatic carbocycles. The van der Waals surface area contributed by atoms with Crippen LogP contribution in [0.2, 0.25) is 0 Å². The highest BCUT2D eigenvalue weighted by atomic mass is 35.5. The third-order valence-electron chi connectivity index (χ3n) is 4.99. The number of ketones is 1. The van der Waals surface area contributed by atoms with E-state index in [1.807, 2.05) is 13.8 Å². The first kappa shape index (κ1) is 25.7. The van der Waals surface area contributed by atoms with Gasteiger partial charge in [0.2, 0.25) is 0 Å². The fourth-order valence-corrected chi connectivity index (χ4v) is 3.32. The second-order valence-corrected chi connectivity index (χ2v) is 6.98. The van der Waals surface area contributed by atoms with Gasteiger partial charge in [-0.05, 0) is 50.5 Å². The number of phenolic OH excluding ortho intramolecular Hbond substituents is 1. The van der Waals surface area contributed by atoms with Crippen LogP contribution in [0.4, 0.5) is 0 Å². The van der Waals surface area contributed by atoms with Crippen LogP contribution < -0.4 is 0 Å². The number of carbonyl (C=O) groups is 2. The number of halogens is 1. The Balaban J connectivity index is 0.00000450. The number of hydrogen-bond donors (Lipinski definition) is 1. The number of rotatable bonds is 11. The minimum atomic E-state index is -0.453. The Hall–Kier alpha value is -2.37. The highest BCUT2D eigenvalue weighted by molar-refractivity contribution is 6.12. The van der Waals surface area contributed by atoms with Crippen molar-refractivity contribution in [2.45, 2.75) is 52.9 Å². The molecule has 0 aromatic heterocycles. The first-order chi connectivity index (χ1) is 14.0. The molecule has 0 bridgehead atoms. The molecular formula is C24H32ClNO4. The maximum Gasteiger partial charge on any atom is 0.357 e. The van der Waals surface area contributed by atoms with Crippen LogP contribution in [-0.2, 0) is 11.3 Å². The summed E-state index contributed by atoms with van der Waals surface area (Å²) < 4.78 is 0. The lowest BCUT2D eigenvalue weighted by atomic mass is 9.91. The van der Waals surface area contributed by atoms with Gasteiger partial charge in [0.1, 0.15) is 5.75 Å². The standard InChI is InChI=1S/C24H31NO4.ClH/c1-4-7-8-9-13-18-19(23(27)21-14-10-11-17-22(21)26)15-12-16-20(18)24(28)29-25(5-2)6-3;/h10-12,14-17,26H,4-9,13H2,1-3H3;1H. The third-order valence-corrected chi connectivity index (χ3v) is 4.99. The summed E-state index contributed by atoms with van der Waals surface area (Å²) in [6, 6.07) is 11.6. The Morgan fingerprint density at radius 3 is 2.13 bits per heavy atom. The zero-order chi connectivity index (χ0) is 21.2. The molecular weight excluding hydrogens is 402 g/mol. The number of benzene rings is 2. The lowest BCUT2D eigenvalue weighted by Gasteiger charge is -2.19. The van der Waals surface area contributed by atoms with Gasteiger partial charge in [-0.15, -0.1) is 17.5 Å². The smallest absolute Gasteiger partial charge is 0.357 e. The molecule has 0 aliphatic carbocycles. The summed E-state index contributed by atoms with van der Waals surface area (Å²) in [7, 11) is 0. The van der Waals surface area contributed by atoms with Crippen molar-refractivity contribution in [3.63, 3.8) is 0 Å². The van der Waals surface area contributed by atoms with Gasteiger partial charge < -0.3 is 9.94 Å². The Morgan fingerprint density at radius 2 is 1.50 bits per heavy atom. The van der Waals surface area contributed by atoms with Gasteiger partial charge in [0.05, 0.1) is 11.1 Å². The quantitative estimate of drug-likeness (QED) is 0.284. The number of nitrogens with zero attached hydrogens (tertiary/aromatic N) is 1. The topological polar surface area (TPSA) is 66.8 Å². The summed E-state index contributed by atoms with van der Waals surface area (Å²) in [5.74, 6) is -0.803. The fourth-order valence-electron chi connectivity index (χ4n) is 3.32. The number of hydrogen-bond acceptors (Lipinski definition) is 5. The predicted molar refractivity (Wildman–Crippen MR) is 121 cm³/mol. The van der Waals surface area contributed by atoms with Crippen LogP contribution in [0.25, 0.3) is 0 Å². The van der Waals surface area contributed by atoms with E-state index >= 15 is 0 Å². The monoisotopic (exact) mass is 433 g/mol. The summed E-state index contributed by atoms with van der Waals surface area (Å²) in [5.41, 5.74) is 1.78. The van der Waals surface area contributed by atoms with Crippen LogP contribution in [0.3, 0.4) is 0 Å². The third kappa shape index (κ3) is 6.57. The summed E-state index contributed by atoms with van der Waals surface area (Å²) in [6.45, 7) is 7.15. The molecule has 0 radical (unpaired) electrons. The van der Waals surface area contributed by atoms with Crippen molar-refractivity contribution >= 4 is 24.2 Å². The van der Waals surface area contributed by atoms with Gasteiger partial charge in [-0.25, -0.2) is 4.79 Å². The van der Waals surface area contributed by atoms with E-state index in [0.717, 1.165) is 25.7 Å². The van der Waals surface area contributed by atoms with Crippen LogP contribution in [0.1, 0.15) is 78.3 Å². The van der Waals surface area contributed by atoms with E-state index in [9.17, 15) is 14.7 Å². The lowest BCUT2D eigenvalue weighted by Crippen LogP contribution is -2.27. The van der Waals surface area contributed by atoms with Gasteiger partial charge >= 0.3 is 5.97 Å². The molecule has 164 valence electrons. The second-order valence-electron chi connectivity index (χ2n) is 6.98. The number of unbranched alkanes of at least 4 members (excludes halogenated alkanes) is 3. The molecule has 0 atom stereocenters. The Kier molecular flexibility index (Phi) is 11.2. The molecule has 0 amide bonds. The SMILES string of the molecule is CCCCCCc1c(C(=O)ON(CC)CC)cccc1C(=O)c1ccccc1O.Cl. The second kappa shape index (κ2) is 13.0. The first-order valence-electron chi connectivity index (χ1n) is 10.4. The van der Waals surface area contributed by atoms with E-state index in [2.05, 4.69) is 6.92 Å². The largest absolute Gasteiger partial charge is 0.507 e. The molecule has 2 aromatic rings. The molecule has 0 fully saturated rings. The van der Waals surface area contributed by atoms with Gasteiger partial charge in [0.15, 0.2) is 5.78 Å². The van der Waals surface area contributed by atoms with Gasteiger partial charge in [-0.2, -0.15) is 0 Å². The minimum Gasteiger partial charge on any atom is -0.507 e. The average Bonchev–Trinajstić information content (AvgIpc) is 2.74. The molecule has 1 N–H and O–H groups in total. The van der Waals surface area contributed by atoms with E-state index in [-0.39, 0.29) is 29.5 Å². The fraction of sp³-hybridized carbons (Fsp3) is 0.417. The molecule has 0 saturated heterocycles. The van der Waals surface area contributed by atoms with Crippen molar-refractivity contribution in [2.75, 3.05) is 13.1 Å². The lowest BCUT2D eigenvalue weighted by molar-refractivity contribution is -0.103. The van der Waals surface area contributed by atoms with Crippen LogP contribution >= 0.6 is 12.4 Å². The summed E-state index contributed by atoms with van der Waals surface area (Å²) in [5, 5.41) is 11.7. The van der Waals surface area contributed by atoms with Crippen molar-refractivity contribution in [2.24, 2.45) is 0 Å². The highest BCUT2D eigenvalue weighted by Crippen LogP contribution is 2.26. The number of aromatic hydroxyl groups is 1. The molecule has 2 rings (SSSR count). The van der Waals surface area contributed by atoms with Crippen molar-refractivity contribution in [1.82, 2.24) is 5.06 Å². The van der Waals surface area contributed by atoms with Crippen LogP contribution in [0.5, 0.6) is 5.75 Å². The van der Waals surface area contributed by atoms with Crippen molar-refractivity contribution in [1.29, 1.82) is 0 Å². The summed E-state index contributed by atoms with van der Waals surface area (Å²) in [6.07, 6.45) is 4.73. The number of para-hydroxylation sites is 1. The van der Waals surface area contributed by atoms with Crippen LogP contribution in [0.15, 0.2) is 42.5 Å². The van der Waals surface area contributed by atoms with Crippen LogP contribution in [-0.4, -0.2) is 35.0 Å². The average molecular weight is 434 g/mol. The number of hydroxylamine groups is 2. The maximum atomic E-state index is 13.2. The van der Waals surface area contributed by atoms with Crippen molar-refractivity contribution < 1.29 is 19.5 Å². The Labute approximate surface area is 185 Å². The zero-order valence-electron chi connectivity index (χ0n) is 18.0. The molecule has 0 spiro atoms. The maximum absolute atomic E-state index is 13.2. The first-order valence-corrected chi connectivity index (χ1v) is 10.4. The summed E-state index contributed by atoms with van der Waals surface area (Å²) >= 11 is 0.